The lowest BCUT2D eigenvalue weighted by molar-refractivity contribution is -0.167. The van der Waals surface area contributed by atoms with Crippen LogP contribution in [0.3, 0.4) is 0 Å². The van der Waals surface area contributed by atoms with Gasteiger partial charge in [0.25, 0.3) is 0 Å². The Labute approximate surface area is 506 Å². The number of unbranched alkanes of at least 4 members (excludes halogenated alkanes) is 54. The summed E-state index contributed by atoms with van der Waals surface area (Å²) < 4.78 is 17.0. The Balaban J connectivity index is 4.04. The van der Waals surface area contributed by atoms with Gasteiger partial charge in [0.2, 0.25) is 0 Å². The Bertz CT molecular complexity index is 1310. The molecule has 0 aliphatic rings. The Kier molecular flexibility index (Phi) is 68.5. The van der Waals surface area contributed by atoms with E-state index in [4.69, 9.17) is 14.2 Å². The van der Waals surface area contributed by atoms with Crippen molar-refractivity contribution in [2.75, 3.05) is 13.2 Å². The predicted octanol–water partition coefficient (Wildman–Crippen LogP) is 25.3. The van der Waals surface area contributed by atoms with Gasteiger partial charge < -0.3 is 14.2 Å². The average molecular weight is 1140 g/mol. The molecule has 6 nitrogen and oxygen atoms in total. The van der Waals surface area contributed by atoms with Crippen LogP contribution in [0.1, 0.15) is 419 Å². The third kappa shape index (κ3) is 68.6. The van der Waals surface area contributed by atoms with Gasteiger partial charge in [-0.05, 0) is 51.4 Å². The molecule has 81 heavy (non-hydrogen) atoms. The van der Waals surface area contributed by atoms with Gasteiger partial charge in [-0.1, -0.05) is 373 Å². The Morgan fingerprint density at radius 3 is 0.679 bits per heavy atom. The van der Waals surface area contributed by atoms with Gasteiger partial charge in [0, 0.05) is 19.3 Å². The summed E-state index contributed by atoms with van der Waals surface area (Å²) in [5.74, 6) is -0.830. The highest BCUT2D eigenvalue weighted by atomic mass is 16.6. The van der Waals surface area contributed by atoms with Crippen LogP contribution < -0.4 is 0 Å². The molecule has 0 aromatic carbocycles. The van der Waals surface area contributed by atoms with E-state index < -0.39 is 6.10 Å². The number of allylic oxidation sites excluding steroid dienone is 4. The first-order chi connectivity index (χ1) is 40.0. The molecule has 478 valence electrons. The van der Waals surface area contributed by atoms with Crippen molar-refractivity contribution in [2.24, 2.45) is 0 Å². The lowest BCUT2D eigenvalue weighted by atomic mass is 10.0. The summed E-state index contributed by atoms with van der Waals surface area (Å²) in [4.78, 5) is 38.3. The van der Waals surface area contributed by atoms with Crippen LogP contribution in [-0.4, -0.2) is 37.2 Å². The number of hydrogen-bond donors (Lipinski definition) is 0. The van der Waals surface area contributed by atoms with Crippen LogP contribution in [-0.2, 0) is 28.6 Å². The maximum absolute atomic E-state index is 12.9. The second-order valence-corrected chi connectivity index (χ2v) is 25.2. The van der Waals surface area contributed by atoms with E-state index in [2.05, 4.69) is 45.1 Å². The SMILES string of the molecule is CCCCCCC/C=C\C/C=C\CCCCCCCCCCCCCCCCCCCCCCCC(=O)OCC(COC(=O)CCCCCCCCCCCC)OC(=O)CCCCCCCCCCCCCCCCCCCCCC. The molecule has 0 radical (unpaired) electrons. The summed E-state index contributed by atoms with van der Waals surface area (Å²) in [5, 5.41) is 0. The van der Waals surface area contributed by atoms with Crippen LogP contribution in [0.25, 0.3) is 0 Å². The van der Waals surface area contributed by atoms with E-state index >= 15 is 0 Å². The van der Waals surface area contributed by atoms with E-state index in [1.165, 1.54) is 315 Å². The van der Waals surface area contributed by atoms with Gasteiger partial charge in [0.1, 0.15) is 13.2 Å². The van der Waals surface area contributed by atoms with E-state index in [1.54, 1.807) is 0 Å². The fourth-order valence-electron chi connectivity index (χ4n) is 11.4. The summed E-state index contributed by atoms with van der Waals surface area (Å²) in [5.41, 5.74) is 0. The Morgan fingerprint density at radius 2 is 0.444 bits per heavy atom. The molecular weight excluding hydrogens is 997 g/mol. The molecule has 0 aromatic heterocycles. The van der Waals surface area contributed by atoms with Crippen molar-refractivity contribution < 1.29 is 28.6 Å². The van der Waals surface area contributed by atoms with Gasteiger partial charge >= 0.3 is 17.9 Å². The number of carbonyl (C=O) groups is 3. The molecule has 0 fully saturated rings. The minimum atomic E-state index is -0.765. The summed E-state index contributed by atoms with van der Waals surface area (Å²) in [6.45, 7) is 6.70. The molecule has 0 aromatic rings. The monoisotopic (exact) mass is 1140 g/mol. The summed E-state index contributed by atoms with van der Waals surface area (Å²) in [6.07, 6.45) is 86.7. The van der Waals surface area contributed by atoms with E-state index in [1.807, 2.05) is 0 Å². The van der Waals surface area contributed by atoms with Crippen molar-refractivity contribution in [3.8, 4) is 0 Å². The zero-order chi connectivity index (χ0) is 58.5. The minimum absolute atomic E-state index is 0.0629. The van der Waals surface area contributed by atoms with Crippen molar-refractivity contribution in [3.05, 3.63) is 24.3 Å². The van der Waals surface area contributed by atoms with Crippen molar-refractivity contribution in [3.63, 3.8) is 0 Å². The first-order valence-electron chi connectivity index (χ1n) is 36.8. The standard InChI is InChI=1S/C75H142O6/c1-4-7-10-13-16-19-22-24-26-28-30-32-33-34-35-36-37-38-39-40-41-42-43-44-46-47-49-51-53-56-59-62-65-68-74(77)80-71-72(70-79-73(76)67-64-61-58-55-21-18-15-12-9-6-3)81-75(78)69-66-63-60-57-54-52-50-48-45-31-29-27-25-23-20-17-14-11-8-5-2/h22,24,28,30,72H,4-21,23,25-27,29,31-71H2,1-3H3/b24-22-,30-28-. The molecule has 0 heterocycles. The topological polar surface area (TPSA) is 78.9 Å². The number of esters is 3. The van der Waals surface area contributed by atoms with Crippen LogP contribution in [0.5, 0.6) is 0 Å². The van der Waals surface area contributed by atoms with Crippen LogP contribution in [0, 0.1) is 0 Å². The molecule has 0 saturated heterocycles. The molecule has 0 spiro atoms. The predicted molar refractivity (Wildman–Crippen MR) is 353 cm³/mol. The largest absolute Gasteiger partial charge is 0.462 e. The van der Waals surface area contributed by atoms with Gasteiger partial charge in [0.05, 0.1) is 0 Å². The van der Waals surface area contributed by atoms with Gasteiger partial charge in [0.15, 0.2) is 6.10 Å². The van der Waals surface area contributed by atoms with E-state index in [9.17, 15) is 14.4 Å². The number of ether oxygens (including phenoxy) is 3. The highest BCUT2D eigenvalue weighted by Gasteiger charge is 2.20. The second-order valence-electron chi connectivity index (χ2n) is 25.2. The van der Waals surface area contributed by atoms with Gasteiger partial charge in [-0.2, -0.15) is 0 Å². The van der Waals surface area contributed by atoms with Gasteiger partial charge in [-0.15, -0.1) is 0 Å². The number of carbonyl (C=O) groups excluding carboxylic acids is 3. The molecule has 6 heteroatoms. The lowest BCUT2D eigenvalue weighted by Crippen LogP contribution is -2.30. The smallest absolute Gasteiger partial charge is 0.306 e. The van der Waals surface area contributed by atoms with E-state index in [0.717, 1.165) is 64.2 Å². The molecular formula is C75H142O6. The van der Waals surface area contributed by atoms with Crippen molar-refractivity contribution in [2.45, 2.75) is 425 Å². The molecule has 0 bridgehead atoms. The normalized spacial score (nSPS) is 12.1. The number of rotatable bonds is 69. The van der Waals surface area contributed by atoms with Crippen LogP contribution >= 0.6 is 0 Å². The summed E-state index contributed by atoms with van der Waals surface area (Å²) >= 11 is 0. The summed E-state index contributed by atoms with van der Waals surface area (Å²) in [6, 6.07) is 0. The molecule has 1 atom stereocenters. The van der Waals surface area contributed by atoms with Crippen LogP contribution in [0.2, 0.25) is 0 Å². The highest BCUT2D eigenvalue weighted by molar-refractivity contribution is 5.71. The van der Waals surface area contributed by atoms with Crippen LogP contribution in [0.4, 0.5) is 0 Å². The average Bonchev–Trinajstić information content (AvgIpc) is 3.47. The third-order valence-corrected chi connectivity index (χ3v) is 17.0. The molecule has 0 aliphatic carbocycles. The van der Waals surface area contributed by atoms with Crippen LogP contribution in [0.15, 0.2) is 24.3 Å². The lowest BCUT2D eigenvalue weighted by Gasteiger charge is -2.18. The zero-order valence-corrected chi connectivity index (χ0v) is 55.1. The molecule has 0 amide bonds. The number of hydrogen-bond acceptors (Lipinski definition) is 6. The van der Waals surface area contributed by atoms with E-state index in [-0.39, 0.29) is 31.1 Å². The quantitative estimate of drug-likeness (QED) is 0.0261. The summed E-state index contributed by atoms with van der Waals surface area (Å²) in [7, 11) is 0. The fraction of sp³-hybridized carbons (Fsp3) is 0.907. The highest BCUT2D eigenvalue weighted by Crippen LogP contribution is 2.19. The zero-order valence-electron chi connectivity index (χ0n) is 55.1. The fourth-order valence-corrected chi connectivity index (χ4v) is 11.4. The second kappa shape index (κ2) is 70.4. The first kappa shape index (κ1) is 78.9. The van der Waals surface area contributed by atoms with Crippen molar-refractivity contribution in [1.29, 1.82) is 0 Å². The van der Waals surface area contributed by atoms with E-state index in [0.29, 0.717) is 19.3 Å². The Morgan fingerprint density at radius 1 is 0.247 bits per heavy atom. The minimum Gasteiger partial charge on any atom is -0.462 e. The molecule has 1 unspecified atom stereocenters. The van der Waals surface area contributed by atoms with Gasteiger partial charge in [-0.25, -0.2) is 0 Å². The van der Waals surface area contributed by atoms with Crippen molar-refractivity contribution >= 4 is 17.9 Å². The molecule has 0 saturated carbocycles. The molecule has 0 N–H and O–H groups in total. The Hall–Kier alpha value is -2.11. The molecule has 0 rings (SSSR count). The first-order valence-corrected chi connectivity index (χ1v) is 36.8. The van der Waals surface area contributed by atoms with Gasteiger partial charge in [-0.3, -0.25) is 14.4 Å². The van der Waals surface area contributed by atoms with Crippen molar-refractivity contribution in [1.82, 2.24) is 0 Å². The third-order valence-electron chi connectivity index (χ3n) is 17.0. The maximum atomic E-state index is 12.9. The maximum Gasteiger partial charge on any atom is 0.306 e. The molecule has 0 aliphatic heterocycles.